The lowest BCUT2D eigenvalue weighted by Crippen LogP contribution is -2.37. The quantitative estimate of drug-likeness (QED) is 0.835. The van der Waals surface area contributed by atoms with Gasteiger partial charge in [-0.2, -0.15) is 0 Å². The zero-order chi connectivity index (χ0) is 14.5. The van der Waals surface area contributed by atoms with E-state index < -0.39 is 6.04 Å². The van der Waals surface area contributed by atoms with Crippen LogP contribution in [0.15, 0.2) is 30.3 Å². The van der Waals surface area contributed by atoms with E-state index in [9.17, 15) is 9.59 Å². The highest BCUT2D eigenvalue weighted by Crippen LogP contribution is 2.34. The smallest absolute Gasteiger partial charge is 0.323 e. The van der Waals surface area contributed by atoms with Crippen molar-refractivity contribution < 1.29 is 19.1 Å². The maximum absolute atomic E-state index is 11.8. The van der Waals surface area contributed by atoms with Gasteiger partial charge in [-0.05, 0) is 5.56 Å². The highest BCUT2D eigenvalue weighted by Gasteiger charge is 2.42. The van der Waals surface area contributed by atoms with Crippen LogP contribution >= 0.6 is 0 Å². The number of hydrogen-bond donors (Lipinski definition) is 1. The maximum atomic E-state index is 11.8. The van der Waals surface area contributed by atoms with E-state index >= 15 is 0 Å². The van der Waals surface area contributed by atoms with Gasteiger partial charge in [-0.3, -0.25) is 9.59 Å². The second-order valence-electron chi connectivity index (χ2n) is 4.87. The Labute approximate surface area is 118 Å². The molecule has 1 aromatic rings. The number of nitrogens with one attached hydrogen (secondary N) is 1. The molecule has 5 nitrogen and oxygen atoms in total. The summed E-state index contributed by atoms with van der Waals surface area (Å²) in [5, 5.41) is 3.15. The van der Waals surface area contributed by atoms with Crippen molar-refractivity contribution in [1.29, 1.82) is 0 Å². The molecule has 5 heteroatoms. The lowest BCUT2D eigenvalue weighted by Gasteiger charge is -2.21. The molecule has 3 atom stereocenters. The summed E-state index contributed by atoms with van der Waals surface area (Å²) in [5.74, 6) is -0.706. The van der Waals surface area contributed by atoms with Crippen molar-refractivity contribution in [3.8, 4) is 0 Å². The summed E-state index contributed by atoms with van der Waals surface area (Å²) >= 11 is 0. The molecule has 1 N–H and O–H groups in total. The van der Waals surface area contributed by atoms with Crippen LogP contribution in [0, 0.1) is 5.92 Å². The molecule has 0 spiro atoms. The molecule has 1 saturated heterocycles. The fourth-order valence-corrected chi connectivity index (χ4v) is 2.78. The van der Waals surface area contributed by atoms with Crippen molar-refractivity contribution in [2.24, 2.45) is 5.92 Å². The number of rotatable bonds is 4. The van der Waals surface area contributed by atoms with E-state index in [0.29, 0.717) is 6.54 Å². The van der Waals surface area contributed by atoms with Crippen molar-refractivity contribution >= 4 is 11.9 Å². The first-order valence-corrected chi connectivity index (χ1v) is 6.60. The maximum Gasteiger partial charge on any atom is 0.323 e. The molecule has 0 unspecified atom stereocenters. The van der Waals surface area contributed by atoms with Crippen LogP contribution in [0.5, 0.6) is 0 Å². The molecular weight excluding hydrogens is 258 g/mol. The SMILES string of the molecule is COC(=O)C[C@@H]1[C@@H](C(=O)OC)NC[C@@H]1c1ccccc1. The van der Waals surface area contributed by atoms with E-state index in [4.69, 9.17) is 9.47 Å². The lowest BCUT2D eigenvalue weighted by molar-refractivity contribution is -0.145. The van der Waals surface area contributed by atoms with E-state index in [1.165, 1.54) is 14.2 Å². The van der Waals surface area contributed by atoms with Gasteiger partial charge < -0.3 is 14.8 Å². The van der Waals surface area contributed by atoms with Gasteiger partial charge in [0.2, 0.25) is 0 Å². The van der Waals surface area contributed by atoms with E-state index in [0.717, 1.165) is 5.56 Å². The molecule has 20 heavy (non-hydrogen) atoms. The van der Waals surface area contributed by atoms with E-state index in [1.54, 1.807) is 0 Å². The molecule has 2 rings (SSSR count). The summed E-state index contributed by atoms with van der Waals surface area (Å²) in [4.78, 5) is 23.4. The Morgan fingerprint density at radius 1 is 1.20 bits per heavy atom. The first-order valence-electron chi connectivity index (χ1n) is 6.60. The van der Waals surface area contributed by atoms with E-state index in [2.05, 4.69) is 5.32 Å². The Balaban J connectivity index is 2.23. The Hall–Kier alpha value is -1.88. The molecule has 0 amide bonds. The zero-order valence-electron chi connectivity index (χ0n) is 11.7. The van der Waals surface area contributed by atoms with Crippen molar-refractivity contribution in [2.75, 3.05) is 20.8 Å². The summed E-state index contributed by atoms with van der Waals surface area (Å²) < 4.78 is 9.55. The van der Waals surface area contributed by atoms with Crippen molar-refractivity contribution in [3.63, 3.8) is 0 Å². The third kappa shape index (κ3) is 2.99. The van der Waals surface area contributed by atoms with E-state index in [1.807, 2.05) is 30.3 Å². The normalized spacial score (nSPS) is 25.2. The summed E-state index contributed by atoms with van der Waals surface area (Å²) in [6.45, 7) is 0.644. The predicted molar refractivity (Wildman–Crippen MR) is 73.1 cm³/mol. The van der Waals surface area contributed by atoms with Gasteiger partial charge in [0.1, 0.15) is 6.04 Å². The molecule has 1 fully saturated rings. The van der Waals surface area contributed by atoms with Gasteiger partial charge in [0, 0.05) is 18.4 Å². The molecule has 0 aromatic heterocycles. The van der Waals surface area contributed by atoms with Gasteiger partial charge in [0.05, 0.1) is 20.6 Å². The largest absolute Gasteiger partial charge is 0.469 e. The number of hydrogen-bond acceptors (Lipinski definition) is 5. The van der Waals surface area contributed by atoms with Crippen LogP contribution in [-0.4, -0.2) is 38.7 Å². The average Bonchev–Trinajstić information content (AvgIpc) is 2.90. The number of carbonyl (C=O) groups is 2. The van der Waals surface area contributed by atoms with Gasteiger partial charge in [0.15, 0.2) is 0 Å². The first kappa shape index (κ1) is 14.5. The van der Waals surface area contributed by atoms with Gasteiger partial charge in [-0.1, -0.05) is 30.3 Å². The molecule has 1 aromatic carbocycles. The zero-order valence-corrected chi connectivity index (χ0v) is 11.7. The average molecular weight is 277 g/mol. The number of carbonyl (C=O) groups excluding carboxylic acids is 2. The molecule has 1 heterocycles. The van der Waals surface area contributed by atoms with Crippen LogP contribution in [0.3, 0.4) is 0 Å². The number of esters is 2. The van der Waals surface area contributed by atoms with Crippen LogP contribution in [0.1, 0.15) is 17.9 Å². The minimum Gasteiger partial charge on any atom is -0.469 e. The summed E-state index contributed by atoms with van der Waals surface area (Å²) in [7, 11) is 2.71. The molecule has 0 aliphatic carbocycles. The van der Waals surface area contributed by atoms with Crippen LogP contribution in [0.2, 0.25) is 0 Å². The highest BCUT2D eigenvalue weighted by molar-refractivity contribution is 5.79. The second kappa shape index (κ2) is 6.52. The van der Waals surface area contributed by atoms with Gasteiger partial charge in [0.25, 0.3) is 0 Å². The lowest BCUT2D eigenvalue weighted by atomic mass is 9.83. The second-order valence-corrected chi connectivity index (χ2v) is 4.87. The Morgan fingerprint density at radius 2 is 1.90 bits per heavy atom. The molecule has 1 aliphatic rings. The topological polar surface area (TPSA) is 64.6 Å². The molecular formula is C15H19NO4. The predicted octanol–water partition coefficient (Wildman–Crippen LogP) is 1.09. The van der Waals surface area contributed by atoms with Crippen LogP contribution in [-0.2, 0) is 19.1 Å². The van der Waals surface area contributed by atoms with Crippen molar-refractivity contribution in [1.82, 2.24) is 5.32 Å². The minimum absolute atomic E-state index is 0.0967. The summed E-state index contributed by atoms with van der Waals surface area (Å²) in [5.41, 5.74) is 1.11. The highest BCUT2D eigenvalue weighted by atomic mass is 16.5. The van der Waals surface area contributed by atoms with Gasteiger partial charge >= 0.3 is 11.9 Å². The minimum atomic E-state index is -0.468. The Kier molecular flexibility index (Phi) is 4.74. The number of ether oxygens (including phenoxy) is 2. The molecule has 0 radical (unpaired) electrons. The molecule has 0 bridgehead atoms. The number of benzene rings is 1. The van der Waals surface area contributed by atoms with E-state index in [-0.39, 0.29) is 30.2 Å². The van der Waals surface area contributed by atoms with Gasteiger partial charge in [-0.15, -0.1) is 0 Å². The molecule has 1 aliphatic heterocycles. The first-order chi connectivity index (χ1) is 9.67. The van der Waals surface area contributed by atoms with Crippen LogP contribution in [0.25, 0.3) is 0 Å². The Morgan fingerprint density at radius 3 is 2.50 bits per heavy atom. The van der Waals surface area contributed by atoms with Crippen LogP contribution < -0.4 is 5.32 Å². The van der Waals surface area contributed by atoms with Crippen molar-refractivity contribution in [2.45, 2.75) is 18.4 Å². The monoisotopic (exact) mass is 277 g/mol. The third-order valence-corrected chi connectivity index (χ3v) is 3.82. The fourth-order valence-electron chi connectivity index (χ4n) is 2.78. The standard InChI is InChI=1S/C15H19NO4/c1-19-13(17)8-11-12(10-6-4-3-5-7-10)9-16-14(11)15(18)20-2/h3-7,11-12,14,16H,8-9H2,1-2H3/t11-,12+,14-/m0/s1. The summed E-state index contributed by atoms with van der Waals surface area (Å²) in [6, 6.07) is 9.40. The summed E-state index contributed by atoms with van der Waals surface area (Å²) in [6.07, 6.45) is 0.197. The fraction of sp³-hybridized carbons (Fsp3) is 0.467. The third-order valence-electron chi connectivity index (χ3n) is 3.82. The van der Waals surface area contributed by atoms with Gasteiger partial charge in [-0.25, -0.2) is 0 Å². The Bertz CT molecular complexity index is 474. The molecule has 0 saturated carbocycles. The van der Waals surface area contributed by atoms with Crippen molar-refractivity contribution in [3.05, 3.63) is 35.9 Å². The molecule has 108 valence electrons. The number of methoxy groups -OCH3 is 2. The van der Waals surface area contributed by atoms with Crippen LogP contribution in [0.4, 0.5) is 0 Å².